The minimum Gasteiger partial charge on any atom is -0.294 e. The van der Waals surface area contributed by atoms with Crippen LogP contribution < -0.4 is 0 Å². The van der Waals surface area contributed by atoms with E-state index in [1.54, 1.807) is 11.8 Å². The molecule has 3 heteroatoms. The smallest absolute Gasteiger partial charge is 0.164 e. The summed E-state index contributed by atoms with van der Waals surface area (Å²) in [5.41, 5.74) is 2.94. The molecule has 134 valence electrons. The van der Waals surface area contributed by atoms with E-state index >= 15 is 0 Å². The molecule has 0 fully saturated rings. The Kier molecular flexibility index (Phi) is 7.33. The van der Waals surface area contributed by atoms with Crippen LogP contribution in [0, 0.1) is 11.8 Å². The lowest BCUT2D eigenvalue weighted by Crippen LogP contribution is -2.09. The molecule has 3 aromatic rings. The Labute approximate surface area is 173 Å². The van der Waals surface area contributed by atoms with Crippen molar-refractivity contribution in [2.45, 2.75) is 17.4 Å². The average Bonchev–Trinajstić information content (AvgIpc) is 2.72. The first-order valence-electron chi connectivity index (χ1n) is 8.71. The van der Waals surface area contributed by atoms with Crippen molar-refractivity contribution in [1.29, 1.82) is 0 Å². The van der Waals surface area contributed by atoms with Gasteiger partial charge in [-0.25, -0.2) is 0 Å². The van der Waals surface area contributed by atoms with Crippen molar-refractivity contribution in [3.63, 3.8) is 0 Å². The summed E-state index contributed by atoms with van der Waals surface area (Å²) in [6.45, 7) is 0. The highest BCUT2D eigenvalue weighted by atomic mass is 79.9. The first-order valence-corrected chi connectivity index (χ1v) is 10.6. The maximum absolute atomic E-state index is 12.6. The second kappa shape index (κ2) is 10.2. The molecular weight excluding hydrogens is 416 g/mol. The first kappa shape index (κ1) is 19.5. The van der Waals surface area contributed by atoms with Gasteiger partial charge < -0.3 is 0 Å². The molecule has 27 heavy (non-hydrogen) atoms. The van der Waals surface area contributed by atoms with E-state index in [-0.39, 0.29) is 11.0 Å². The molecule has 0 amide bonds. The molecule has 0 aliphatic rings. The lowest BCUT2D eigenvalue weighted by molar-refractivity contribution is 0.0986. The van der Waals surface area contributed by atoms with Crippen LogP contribution in [0.15, 0.2) is 89.4 Å². The van der Waals surface area contributed by atoms with Gasteiger partial charge in [0.2, 0.25) is 0 Å². The molecule has 0 N–H and O–H groups in total. The Balaban J connectivity index is 1.73. The summed E-state index contributed by atoms with van der Waals surface area (Å²) in [5.74, 6) is 7.49. The van der Waals surface area contributed by atoms with Crippen LogP contribution in [-0.4, -0.2) is 11.0 Å². The third-order valence-corrected chi connectivity index (χ3v) is 5.70. The van der Waals surface area contributed by atoms with E-state index in [9.17, 15) is 4.79 Å². The molecule has 1 unspecified atom stereocenters. The number of thioether (sulfide) groups is 1. The summed E-state index contributed by atoms with van der Waals surface area (Å²) >= 11 is 5.15. The van der Waals surface area contributed by atoms with Crippen LogP contribution in [0.4, 0.5) is 0 Å². The zero-order valence-corrected chi connectivity index (χ0v) is 17.2. The fourth-order valence-electron chi connectivity index (χ4n) is 2.53. The van der Waals surface area contributed by atoms with Crippen molar-refractivity contribution in [2.24, 2.45) is 0 Å². The fourth-order valence-corrected chi connectivity index (χ4v) is 3.79. The van der Waals surface area contributed by atoms with Crippen molar-refractivity contribution in [3.8, 4) is 11.8 Å². The van der Waals surface area contributed by atoms with Gasteiger partial charge in [-0.05, 0) is 29.8 Å². The van der Waals surface area contributed by atoms with Crippen molar-refractivity contribution in [3.05, 3.63) is 106 Å². The summed E-state index contributed by atoms with van der Waals surface area (Å²) in [5, 5.41) is -0.0541. The number of halogens is 1. The van der Waals surface area contributed by atoms with Crippen LogP contribution in [0.5, 0.6) is 0 Å². The summed E-state index contributed by atoms with van der Waals surface area (Å²) in [4.78, 5) is 12.6. The summed E-state index contributed by atoms with van der Waals surface area (Å²) in [7, 11) is 0. The Morgan fingerprint density at radius 3 is 2.19 bits per heavy atom. The minimum absolute atomic E-state index is 0.0541. The molecule has 0 aliphatic heterocycles. The van der Waals surface area contributed by atoms with E-state index in [0.717, 1.165) is 21.4 Å². The topological polar surface area (TPSA) is 17.1 Å². The maximum Gasteiger partial charge on any atom is 0.164 e. The van der Waals surface area contributed by atoms with Gasteiger partial charge in [-0.3, -0.25) is 4.79 Å². The van der Waals surface area contributed by atoms with E-state index in [1.165, 1.54) is 5.56 Å². The van der Waals surface area contributed by atoms with Crippen LogP contribution in [0.1, 0.15) is 27.9 Å². The molecule has 0 heterocycles. The second-order valence-corrected chi connectivity index (χ2v) is 8.16. The number of ketones is 1. The predicted octanol–water partition coefficient (Wildman–Crippen LogP) is 6.38. The van der Waals surface area contributed by atoms with Gasteiger partial charge in [-0.1, -0.05) is 88.4 Å². The highest BCUT2D eigenvalue weighted by molar-refractivity contribution is 9.10. The van der Waals surface area contributed by atoms with Gasteiger partial charge in [0.15, 0.2) is 5.78 Å². The average molecular weight is 435 g/mol. The normalized spacial score (nSPS) is 11.3. The van der Waals surface area contributed by atoms with Crippen LogP contribution in [-0.2, 0) is 5.75 Å². The largest absolute Gasteiger partial charge is 0.294 e. The maximum atomic E-state index is 12.6. The van der Waals surface area contributed by atoms with Gasteiger partial charge in [0, 0.05) is 27.8 Å². The van der Waals surface area contributed by atoms with Gasteiger partial charge in [-0.2, -0.15) is 0 Å². The molecule has 0 aliphatic carbocycles. The van der Waals surface area contributed by atoms with E-state index in [2.05, 4.69) is 39.9 Å². The molecule has 0 saturated carbocycles. The molecule has 1 atom stereocenters. The lowest BCUT2D eigenvalue weighted by atomic mass is 10.1. The lowest BCUT2D eigenvalue weighted by Gasteiger charge is -2.10. The molecule has 1 nitrogen and oxygen atoms in total. The molecule has 0 aromatic heterocycles. The second-order valence-electron chi connectivity index (χ2n) is 6.05. The van der Waals surface area contributed by atoms with Crippen LogP contribution >= 0.6 is 27.7 Å². The third kappa shape index (κ3) is 6.43. The van der Waals surface area contributed by atoms with Crippen molar-refractivity contribution >= 4 is 33.5 Å². The molecule has 0 saturated heterocycles. The molecule has 0 bridgehead atoms. The highest BCUT2D eigenvalue weighted by Gasteiger charge is 2.14. The molecular formula is C24H19BrOS. The number of benzene rings is 3. The predicted molar refractivity (Wildman–Crippen MR) is 118 cm³/mol. The van der Waals surface area contributed by atoms with E-state index < -0.39 is 0 Å². The molecule has 3 rings (SSSR count). The van der Waals surface area contributed by atoms with Crippen LogP contribution in [0.2, 0.25) is 0 Å². The number of carbonyl (C=O) groups is 1. The molecule has 3 aromatic carbocycles. The Bertz CT molecular complexity index is 925. The van der Waals surface area contributed by atoms with Gasteiger partial charge >= 0.3 is 0 Å². The third-order valence-electron chi connectivity index (χ3n) is 3.98. The first-order chi connectivity index (χ1) is 13.2. The molecule has 0 spiro atoms. The van der Waals surface area contributed by atoms with Crippen LogP contribution in [0.3, 0.4) is 0 Å². The minimum atomic E-state index is -0.0541. The van der Waals surface area contributed by atoms with Crippen molar-refractivity contribution in [1.82, 2.24) is 0 Å². The van der Waals surface area contributed by atoms with Crippen molar-refractivity contribution < 1.29 is 4.79 Å². The van der Waals surface area contributed by atoms with Gasteiger partial charge in [0.1, 0.15) is 0 Å². The zero-order chi connectivity index (χ0) is 18.9. The van der Waals surface area contributed by atoms with Crippen LogP contribution in [0.25, 0.3) is 0 Å². The fraction of sp³-hybridized carbons (Fsp3) is 0.125. The number of hydrogen-bond acceptors (Lipinski definition) is 2. The Morgan fingerprint density at radius 1 is 0.889 bits per heavy atom. The standard InChI is InChI=1S/C24H19BrOS/c25-22-14-11-19(12-15-22)13-16-23(27-18-20-7-3-1-4-8-20)17-24(26)21-9-5-2-6-10-21/h1-12,14-15,23H,17-18H2. The highest BCUT2D eigenvalue weighted by Crippen LogP contribution is 2.22. The number of rotatable bonds is 6. The number of carbonyl (C=O) groups excluding carboxylic acids is 1. The summed E-state index contributed by atoms with van der Waals surface area (Å²) < 4.78 is 1.03. The van der Waals surface area contributed by atoms with E-state index in [4.69, 9.17) is 0 Å². The quantitative estimate of drug-likeness (QED) is 0.330. The molecule has 0 radical (unpaired) electrons. The summed E-state index contributed by atoms with van der Waals surface area (Å²) in [6.07, 6.45) is 0.408. The van der Waals surface area contributed by atoms with E-state index in [1.807, 2.05) is 72.8 Å². The summed E-state index contributed by atoms with van der Waals surface area (Å²) in [6, 6.07) is 27.6. The van der Waals surface area contributed by atoms with Crippen molar-refractivity contribution in [2.75, 3.05) is 0 Å². The number of hydrogen-bond donors (Lipinski definition) is 0. The Hall–Kier alpha value is -2.28. The number of Topliss-reactive ketones (excluding diaryl/α,β-unsaturated/α-hetero) is 1. The van der Waals surface area contributed by atoms with Gasteiger partial charge in [0.05, 0.1) is 5.25 Å². The van der Waals surface area contributed by atoms with Gasteiger partial charge in [-0.15, -0.1) is 11.8 Å². The monoisotopic (exact) mass is 434 g/mol. The SMILES string of the molecule is O=C(CC(C#Cc1ccc(Br)cc1)SCc1ccccc1)c1ccccc1. The Morgan fingerprint density at radius 2 is 1.52 bits per heavy atom. The zero-order valence-electron chi connectivity index (χ0n) is 14.8. The van der Waals surface area contributed by atoms with E-state index in [0.29, 0.717) is 6.42 Å². The van der Waals surface area contributed by atoms with Gasteiger partial charge in [0.25, 0.3) is 0 Å².